The molecule has 0 aromatic heterocycles. The minimum atomic E-state index is -3.06. The number of hydrogen-bond donors (Lipinski definition) is 2. The molecule has 1 atom stereocenters. The molecule has 0 spiro atoms. The minimum Gasteiger partial charge on any atom is -0.370 e. The van der Waals surface area contributed by atoms with Crippen molar-refractivity contribution < 1.29 is 8.42 Å². The normalized spacial score (nSPS) is 23.3. The maximum Gasteiger partial charge on any atom is 0.211 e. The van der Waals surface area contributed by atoms with Crippen molar-refractivity contribution in [1.29, 1.82) is 0 Å². The third-order valence-electron chi connectivity index (χ3n) is 2.67. The molecule has 0 aromatic carbocycles. The van der Waals surface area contributed by atoms with Crippen LogP contribution in [-0.2, 0) is 10.0 Å². The van der Waals surface area contributed by atoms with Crippen molar-refractivity contribution in [2.45, 2.75) is 26.3 Å². The van der Waals surface area contributed by atoms with Gasteiger partial charge in [0, 0.05) is 25.7 Å². The number of nitrogens with two attached hydrogens (primary N) is 1. The van der Waals surface area contributed by atoms with Crippen LogP contribution in [0.5, 0.6) is 0 Å². The highest BCUT2D eigenvalue weighted by atomic mass is 32.2. The lowest BCUT2D eigenvalue weighted by atomic mass is 10.1. The predicted octanol–water partition coefficient (Wildman–Crippen LogP) is -0.419. The maximum absolute atomic E-state index is 11.3. The minimum absolute atomic E-state index is 0.259. The van der Waals surface area contributed by atoms with Crippen molar-refractivity contribution in [1.82, 2.24) is 9.62 Å². The Morgan fingerprint density at radius 2 is 2.24 bits per heavy atom. The van der Waals surface area contributed by atoms with Crippen LogP contribution in [0.25, 0.3) is 0 Å². The zero-order valence-electron chi connectivity index (χ0n) is 10.7. The van der Waals surface area contributed by atoms with Crippen molar-refractivity contribution in [2.24, 2.45) is 16.6 Å². The molecule has 1 aliphatic heterocycles. The molecule has 0 aromatic rings. The van der Waals surface area contributed by atoms with Gasteiger partial charge in [-0.3, -0.25) is 4.99 Å². The summed E-state index contributed by atoms with van der Waals surface area (Å²) in [5.74, 6) is 0.704. The maximum atomic E-state index is 11.3. The van der Waals surface area contributed by atoms with Crippen LogP contribution in [0.4, 0.5) is 0 Å². The summed E-state index contributed by atoms with van der Waals surface area (Å²) in [6.45, 7) is 5.71. The van der Waals surface area contributed by atoms with Gasteiger partial charge in [0.1, 0.15) is 0 Å². The molecule has 7 heteroatoms. The predicted molar refractivity (Wildman–Crippen MR) is 69.3 cm³/mol. The van der Waals surface area contributed by atoms with E-state index in [4.69, 9.17) is 5.73 Å². The fourth-order valence-electron chi connectivity index (χ4n) is 1.82. The van der Waals surface area contributed by atoms with Gasteiger partial charge < -0.3 is 11.1 Å². The fourth-order valence-corrected chi connectivity index (χ4v) is 2.73. The number of aliphatic imine (C=N–C) groups is 1. The highest BCUT2D eigenvalue weighted by Crippen LogP contribution is 2.18. The van der Waals surface area contributed by atoms with Crippen LogP contribution in [0.3, 0.4) is 0 Å². The lowest BCUT2D eigenvalue weighted by Crippen LogP contribution is -2.37. The van der Waals surface area contributed by atoms with E-state index in [-0.39, 0.29) is 12.0 Å². The van der Waals surface area contributed by atoms with Crippen LogP contribution in [-0.4, -0.2) is 50.6 Å². The molecule has 1 heterocycles. The van der Waals surface area contributed by atoms with E-state index in [1.165, 1.54) is 10.6 Å². The molecule has 1 fully saturated rings. The molecule has 0 amide bonds. The van der Waals surface area contributed by atoms with Crippen LogP contribution in [0, 0.1) is 5.92 Å². The zero-order chi connectivity index (χ0) is 13.1. The molecule has 1 saturated heterocycles. The van der Waals surface area contributed by atoms with Gasteiger partial charge in [-0.05, 0) is 26.2 Å². The first kappa shape index (κ1) is 14.2. The Kier molecular flexibility index (Phi) is 4.76. The van der Waals surface area contributed by atoms with E-state index >= 15 is 0 Å². The van der Waals surface area contributed by atoms with Gasteiger partial charge in [0.2, 0.25) is 10.0 Å². The monoisotopic (exact) mass is 262 g/mol. The van der Waals surface area contributed by atoms with Crippen LogP contribution in [0.2, 0.25) is 0 Å². The van der Waals surface area contributed by atoms with E-state index in [1.807, 2.05) is 13.8 Å². The fraction of sp³-hybridized carbons (Fsp3) is 0.900. The summed E-state index contributed by atoms with van der Waals surface area (Å²) >= 11 is 0. The number of rotatable bonds is 4. The van der Waals surface area contributed by atoms with Crippen molar-refractivity contribution in [3.8, 4) is 0 Å². The van der Waals surface area contributed by atoms with Crippen LogP contribution < -0.4 is 11.1 Å². The molecule has 0 aliphatic carbocycles. The summed E-state index contributed by atoms with van der Waals surface area (Å²) in [4.78, 5) is 4.22. The highest BCUT2D eigenvalue weighted by molar-refractivity contribution is 7.88. The SMILES string of the molecule is CC(C)NC(N)=NCC1CCN(S(C)(=O)=O)C1. The van der Waals surface area contributed by atoms with Gasteiger partial charge in [-0.1, -0.05) is 0 Å². The second-order valence-electron chi connectivity index (χ2n) is 4.80. The summed E-state index contributed by atoms with van der Waals surface area (Å²) in [7, 11) is -3.06. The number of guanidine groups is 1. The van der Waals surface area contributed by atoms with Gasteiger partial charge in [0.05, 0.1) is 6.26 Å². The van der Waals surface area contributed by atoms with Crippen molar-refractivity contribution in [3.63, 3.8) is 0 Å². The third kappa shape index (κ3) is 4.91. The number of sulfonamides is 1. The van der Waals surface area contributed by atoms with Crippen LogP contribution in [0.15, 0.2) is 4.99 Å². The zero-order valence-corrected chi connectivity index (χ0v) is 11.5. The number of hydrogen-bond acceptors (Lipinski definition) is 3. The topological polar surface area (TPSA) is 87.8 Å². The Morgan fingerprint density at radius 3 is 2.71 bits per heavy atom. The second kappa shape index (κ2) is 5.68. The molecule has 0 bridgehead atoms. The first-order valence-electron chi connectivity index (χ1n) is 5.80. The Labute approximate surface area is 103 Å². The first-order chi connectivity index (χ1) is 7.79. The van der Waals surface area contributed by atoms with Gasteiger partial charge in [0.15, 0.2) is 5.96 Å². The number of nitrogens with one attached hydrogen (secondary N) is 1. The summed E-state index contributed by atoms with van der Waals surface area (Å²) in [5, 5.41) is 3.00. The molecule has 0 radical (unpaired) electrons. The molecular formula is C10H22N4O2S. The average molecular weight is 262 g/mol. The quantitative estimate of drug-likeness (QED) is 0.532. The van der Waals surface area contributed by atoms with Gasteiger partial charge >= 0.3 is 0 Å². The Bertz CT molecular complexity index is 378. The van der Waals surface area contributed by atoms with Gasteiger partial charge in [0.25, 0.3) is 0 Å². The summed E-state index contributed by atoms with van der Waals surface area (Å²) in [6.07, 6.45) is 2.10. The van der Waals surface area contributed by atoms with Gasteiger partial charge in [-0.2, -0.15) is 0 Å². The van der Waals surface area contributed by atoms with Crippen molar-refractivity contribution in [3.05, 3.63) is 0 Å². The highest BCUT2D eigenvalue weighted by Gasteiger charge is 2.28. The van der Waals surface area contributed by atoms with E-state index in [0.717, 1.165) is 6.42 Å². The van der Waals surface area contributed by atoms with Gasteiger partial charge in [-0.25, -0.2) is 12.7 Å². The van der Waals surface area contributed by atoms with Crippen molar-refractivity contribution in [2.75, 3.05) is 25.9 Å². The first-order valence-corrected chi connectivity index (χ1v) is 7.65. The molecule has 3 N–H and O–H groups in total. The molecule has 100 valence electrons. The molecule has 17 heavy (non-hydrogen) atoms. The Hall–Kier alpha value is -0.820. The van der Waals surface area contributed by atoms with E-state index in [2.05, 4.69) is 10.3 Å². The largest absolute Gasteiger partial charge is 0.370 e. The van der Waals surface area contributed by atoms with Crippen LogP contribution >= 0.6 is 0 Å². The molecule has 1 rings (SSSR count). The summed E-state index contributed by atoms with van der Waals surface area (Å²) < 4.78 is 24.1. The van der Waals surface area contributed by atoms with E-state index < -0.39 is 10.0 Å². The Balaban J connectivity index is 2.41. The molecule has 6 nitrogen and oxygen atoms in total. The summed E-state index contributed by atoms with van der Waals surface area (Å²) in [5.41, 5.74) is 5.68. The van der Waals surface area contributed by atoms with Crippen molar-refractivity contribution >= 4 is 16.0 Å². The van der Waals surface area contributed by atoms with Gasteiger partial charge in [-0.15, -0.1) is 0 Å². The van der Waals surface area contributed by atoms with E-state index in [0.29, 0.717) is 25.6 Å². The summed E-state index contributed by atoms with van der Waals surface area (Å²) in [6, 6.07) is 0.259. The lowest BCUT2D eigenvalue weighted by molar-refractivity contribution is 0.464. The number of nitrogens with zero attached hydrogens (tertiary/aromatic N) is 2. The van der Waals surface area contributed by atoms with Crippen LogP contribution in [0.1, 0.15) is 20.3 Å². The van der Waals surface area contributed by atoms with E-state index in [9.17, 15) is 8.42 Å². The lowest BCUT2D eigenvalue weighted by Gasteiger charge is -2.13. The second-order valence-corrected chi connectivity index (χ2v) is 6.78. The smallest absolute Gasteiger partial charge is 0.211 e. The third-order valence-corrected chi connectivity index (χ3v) is 3.94. The average Bonchev–Trinajstić information content (AvgIpc) is 2.61. The molecule has 0 saturated carbocycles. The van der Waals surface area contributed by atoms with E-state index in [1.54, 1.807) is 0 Å². The standard InChI is InChI=1S/C10H22N4O2S/c1-8(2)13-10(11)12-6-9-4-5-14(7-9)17(3,15)16/h8-9H,4-7H2,1-3H3,(H3,11,12,13). The Morgan fingerprint density at radius 1 is 1.59 bits per heavy atom. The molecule has 1 unspecified atom stereocenters. The molecular weight excluding hydrogens is 240 g/mol. The molecule has 1 aliphatic rings.